The van der Waals surface area contributed by atoms with Crippen molar-refractivity contribution in [3.63, 3.8) is 0 Å². The van der Waals surface area contributed by atoms with Crippen molar-refractivity contribution in [2.45, 2.75) is 45.6 Å². The van der Waals surface area contributed by atoms with Crippen LogP contribution in [-0.2, 0) is 16.0 Å². The number of hydrogen-bond acceptors (Lipinski definition) is 6. The van der Waals surface area contributed by atoms with Gasteiger partial charge in [-0.3, -0.25) is 9.59 Å². The molecule has 0 saturated carbocycles. The summed E-state index contributed by atoms with van der Waals surface area (Å²) in [6, 6.07) is 5.47. The molecule has 2 aromatic rings. The zero-order valence-corrected chi connectivity index (χ0v) is 17.0. The van der Waals surface area contributed by atoms with Gasteiger partial charge in [0, 0.05) is 18.7 Å². The Morgan fingerprint density at radius 1 is 1.19 bits per heavy atom. The van der Waals surface area contributed by atoms with Crippen LogP contribution >= 0.6 is 0 Å². The highest BCUT2D eigenvalue weighted by Gasteiger charge is 2.41. The van der Waals surface area contributed by atoms with Crippen LogP contribution < -0.4 is 15.4 Å². The number of carbonyl (C=O) groups excluding carboxylic acids is 2. The number of ether oxygens (including phenoxy) is 1. The second kappa shape index (κ2) is 10.1. The van der Waals surface area contributed by atoms with Crippen molar-refractivity contribution in [2.24, 2.45) is 0 Å². The van der Waals surface area contributed by atoms with Gasteiger partial charge in [-0.1, -0.05) is 0 Å². The first-order valence-corrected chi connectivity index (χ1v) is 9.13. The van der Waals surface area contributed by atoms with Crippen LogP contribution in [0.25, 0.3) is 0 Å². The molecule has 1 unspecified atom stereocenters. The van der Waals surface area contributed by atoms with Gasteiger partial charge in [0.1, 0.15) is 5.82 Å². The van der Waals surface area contributed by atoms with Crippen LogP contribution in [0.15, 0.2) is 24.3 Å². The van der Waals surface area contributed by atoms with Crippen molar-refractivity contribution in [3.8, 4) is 5.88 Å². The molecule has 12 heteroatoms. The predicted octanol–water partition coefficient (Wildman–Crippen LogP) is 2.84. The summed E-state index contributed by atoms with van der Waals surface area (Å²) >= 11 is 0. The number of aromatic nitrogens is 3. The van der Waals surface area contributed by atoms with Crippen molar-refractivity contribution in [1.29, 1.82) is 0 Å². The zero-order chi connectivity index (χ0) is 23.2. The number of rotatable bonds is 9. The van der Waals surface area contributed by atoms with Crippen molar-refractivity contribution in [1.82, 2.24) is 20.5 Å². The highest BCUT2D eigenvalue weighted by molar-refractivity contribution is 5.87. The second-order valence-corrected chi connectivity index (χ2v) is 6.79. The lowest BCUT2D eigenvalue weighted by Crippen LogP contribution is -2.34. The number of nitrogens with zero attached hydrogens (tertiary/aromatic N) is 3. The van der Waals surface area contributed by atoms with Crippen LogP contribution in [-0.4, -0.2) is 46.0 Å². The SMILES string of the molecule is CC(=O)Nc1cc(C(C)NC(=O)Cc2ccc(OCC(F)(F)C(F)F)nn2)cc(C)n1. The molecule has 8 nitrogen and oxygen atoms in total. The Bertz CT molecular complexity index is 925. The highest BCUT2D eigenvalue weighted by Crippen LogP contribution is 2.23. The molecule has 0 aliphatic carbocycles. The minimum absolute atomic E-state index is 0.159. The third kappa shape index (κ3) is 7.46. The fraction of sp³-hybridized carbons (Fsp3) is 0.421. The monoisotopic (exact) mass is 443 g/mol. The van der Waals surface area contributed by atoms with Crippen LogP contribution in [0.3, 0.4) is 0 Å². The first kappa shape index (κ1) is 24.0. The Morgan fingerprint density at radius 3 is 2.48 bits per heavy atom. The Kier molecular flexibility index (Phi) is 7.83. The summed E-state index contributed by atoms with van der Waals surface area (Å²) < 4.78 is 54.5. The van der Waals surface area contributed by atoms with Crippen molar-refractivity contribution >= 4 is 17.6 Å². The standard InChI is InChI=1S/C19H21F4N5O3/c1-10-6-13(7-15(24-10)26-12(3)29)11(2)25-16(30)8-14-4-5-17(28-27-14)31-9-19(22,23)18(20)21/h4-7,11,18H,8-9H2,1-3H3,(H,25,30)(H,24,26,29). The molecular weight excluding hydrogens is 422 g/mol. The molecule has 0 aliphatic heterocycles. The van der Waals surface area contributed by atoms with E-state index in [-0.39, 0.29) is 23.9 Å². The topological polar surface area (TPSA) is 106 Å². The maximum atomic E-state index is 12.9. The summed E-state index contributed by atoms with van der Waals surface area (Å²) in [6.07, 6.45) is -4.02. The van der Waals surface area contributed by atoms with Crippen LogP contribution in [0.5, 0.6) is 5.88 Å². The molecule has 0 saturated heterocycles. The Labute approximate surface area is 175 Å². The van der Waals surface area contributed by atoms with Crippen molar-refractivity contribution in [3.05, 3.63) is 41.2 Å². The number of pyridine rings is 1. The molecule has 0 aliphatic rings. The maximum Gasteiger partial charge on any atom is 0.340 e. The maximum absolute atomic E-state index is 12.9. The van der Waals surface area contributed by atoms with E-state index >= 15 is 0 Å². The zero-order valence-electron chi connectivity index (χ0n) is 17.0. The van der Waals surface area contributed by atoms with Gasteiger partial charge in [0.2, 0.25) is 17.7 Å². The summed E-state index contributed by atoms with van der Waals surface area (Å²) in [7, 11) is 0. The van der Waals surface area contributed by atoms with E-state index in [1.54, 1.807) is 26.0 Å². The van der Waals surface area contributed by atoms with Gasteiger partial charge in [0.05, 0.1) is 18.2 Å². The smallest absolute Gasteiger partial charge is 0.340 e. The summed E-state index contributed by atoms with van der Waals surface area (Å²) in [6.45, 7) is 3.31. The molecule has 2 rings (SSSR count). The molecule has 0 aromatic carbocycles. The van der Waals surface area contributed by atoms with Gasteiger partial charge in [0.15, 0.2) is 6.61 Å². The molecule has 0 bridgehead atoms. The number of alkyl halides is 4. The number of hydrogen-bond donors (Lipinski definition) is 2. The minimum Gasteiger partial charge on any atom is -0.470 e. The van der Waals surface area contributed by atoms with Crippen molar-refractivity contribution in [2.75, 3.05) is 11.9 Å². The summed E-state index contributed by atoms with van der Waals surface area (Å²) in [5, 5.41) is 12.5. The van der Waals surface area contributed by atoms with Crippen LogP contribution in [0.2, 0.25) is 0 Å². The molecule has 31 heavy (non-hydrogen) atoms. The second-order valence-electron chi connectivity index (χ2n) is 6.79. The van der Waals surface area contributed by atoms with E-state index in [2.05, 4.69) is 30.6 Å². The lowest BCUT2D eigenvalue weighted by Gasteiger charge is -2.16. The molecule has 0 radical (unpaired) electrons. The normalized spacial score (nSPS) is 12.4. The molecule has 0 fully saturated rings. The average molecular weight is 443 g/mol. The van der Waals surface area contributed by atoms with E-state index in [1.165, 1.54) is 13.0 Å². The molecule has 2 heterocycles. The summed E-state index contributed by atoms with van der Waals surface area (Å²) in [5.41, 5.74) is 1.60. The average Bonchev–Trinajstić information content (AvgIpc) is 2.66. The first-order chi connectivity index (χ1) is 14.5. The van der Waals surface area contributed by atoms with E-state index in [9.17, 15) is 27.2 Å². The largest absolute Gasteiger partial charge is 0.470 e. The first-order valence-electron chi connectivity index (χ1n) is 9.13. The summed E-state index contributed by atoms with van der Waals surface area (Å²) in [4.78, 5) is 27.7. The van der Waals surface area contributed by atoms with Crippen LogP contribution in [0, 0.1) is 6.92 Å². The lowest BCUT2D eigenvalue weighted by molar-refractivity contribution is -0.148. The highest BCUT2D eigenvalue weighted by atomic mass is 19.3. The quantitative estimate of drug-likeness (QED) is 0.578. The number of aryl methyl sites for hydroxylation is 1. The van der Waals surface area contributed by atoms with E-state index in [1.807, 2.05) is 0 Å². The van der Waals surface area contributed by atoms with Crippen LogP contribution in [0.4, 0.5) is 23.4 Å². The fourth-order valence-corrected chi connectivity index (χ4v) is 2.48. The molecular formula is C19H21F4N5O3. The lowest BCUT2D eigenvalue weighted by atomic mass is 10.1. The number of halogens is 4. The van der Waals surface area contributed by atoms with Gasteiger partial charge in [0.25, 0.3) is 0 Å². The van der Waals surface area contributed by atoms with Gasteiger partial charge < -0.3 is 15.4 Å². The molecule has 2 aromatic heterocycles. The van der Waals surface area contributed by atoms with Gasteiger partial charge in [-0.15, -0.1) is 5.10 Å². The van der Waals surface area contributed by atoms with Crippen LogP contribution in [0.1, 0.15) is 36.8 Å². The predicted molar refractivity (Wildman–Crippen MR) is 102 cm³/mol. The molecule has 2 N–H and O–H groups in total. The van der Waals surface area contributed by atoms with Gasteiger partial charge in [-0.2, -0.15) is 13.9 Å². The third-order valence-electron chi connectivity index (χ3n) is 3.93. The Balaban J connectivity index is 1.94. The molecule has 0 spiro atoms. The van der Waals surface area contributed by atoms with E-state index in [0.29, 0.717) is 11.5 Å². The van der Waals surface area contributed by atoms with Crippen molar-refractivity contribution < 1.29 is 31.9 Å². The number of carbonyl (C=O) groups is 2. The summed E-state index contributed by atoms with van der Waals surface area (Å²) in [5.74, 6) is -4.97. The van der Waals surface area contributed by atoms with E-state index in [4.69, 9.17) is 0 Å². The Hall–Kier alpha value is -3.31. The third-order valence-corrected chi connectivity index (χ3v) is 3.93. The Morgan fingerprint density at radius 2 is 1.90 bits per heavy atom. The molecule has 2 amide bonds. The fourth-order valence-electron chi connectivity index (χ4n) is 2.48. The van der Waals surface area contributed by atoms with E-state index in [0.717, 1.165) is 11.6 Å². The number of nitrogens with one attached hydrogen (secondary N) is 2. The number of anilines is 1. The minimum atomic E-state index is -4.30. The van der Waals surface area contributed by atoms with Gasteiger partial charge in [-0.05, 0) is 37.6 Å². The molecule has 168 valence electrons. The van der Waals surface area contributed by atoms with Gasteiger partial charge in [-0.25, -0.2) is 13.8 Å². The van der Waals surface area contributed by atoms with Gasteiger partial charge >= 0.3 is 12.3 Å². The molecule has 1 atom stereocenters. The number of amides is 2. The van der Waals surface area contributed by atoms with E-state index < -0.39 is 30.9 Å².